The quantitative estimate of drug-likeness (QED) is 0.0391. The van der Waals surface area contributed by atoms with Crippen molar-refractivity contribution in [1.29, 1.82) is 0 Å². The molecule has 102 heavy (non-hydrogen) atoms. The molecule has 0 spiro atoms. The first kappa shape index (κ1) is 100. The van der Waals surface area contributed by atoms with Crippen LogP contribution in [-0.4, -0.2) is 83.5 Å². The summed E-state index contributed by atoms with van der Waals surface area (Å²) in [7, 11) is 2.47. The molecule has 0 amide bonds. The Bertz CT molecular complexity index is 1720. The van der Waals surface area contributed by atoms with Gasteiger partial charge >= 0.3 is 11.9 Å². The van der Waals surface area contributed by atoms with Crippen LogP contribution in [0.25, 0.3) is 0 Å². The largest absolute Gasteiger partial charge is 0.478 e. The zero-order valence-corrected chi connectivity index (χ0v) is 71.6. The highest BCUT2D eigenvalue weighted by molar-refractivity contribution is 8.76. The third-order valence-corrected chi connectivity index (χ3v) is 24.8. The predicted molar refractivity (Wildman–Crippen MR) is 459 cm³/mol. The summed E-state index contributed by atoms with van der Waals surface area (Å²) in [6, 6.07) is 13.3. The Labute approximate surface area is 646 Å². The molecule has 0 saturated heterocycles. The second-order valence-corrected chi connectivity index (χ2v) is 34.3. The third-order valence-electron chi connectivity index (χ3n) is 22.3. The molecule has 0 bridgehead atoms. The van der Waals surface area contributed by atoms with E-state index in [2.05, 4.69) is 55.4 Å². The van der Waals surface area contributed by atoms with Gasteiger partial charge in [-0.2, -0.15) is 0 Å². The Kier molecular flexibility index (Phi) is 77.0. The summed E-state index contributed by atoms with van der Waals surface area (Å²) in [5.74, 6) is -2.00. The van der Waals surface area contributed by atoms with Gasteiger partial charge < -0.3 is 19.2 Å². The summed E-state index contributed by atoms with van der Waals surface area (Å²) in [6.45, 7) is 30.6. The maximum atomic E-state index is 11.1. The van der Waals surface area contributed by atoms with Crippen molar-refractivity contribution in [3.05, 3.63) is 59.7 Å². The van der Waals surface area contributed by atoms with Crippen LogP contribution in [0.2, 0.25) is 0 Å². The van der Waals surface area contributed by atoms with Crippen LogP contribution in [0, 0.1) is 0 Å². The van der Waals surface area contributed by atoms with Gasteiger partial charge in [0.2, 0.25) is 0 Å². The fourth-order valence-corrected chi connectivity index (χ4v) is 17.9. The lowest BCUT2D eigenvalue weighted by Gasteiger charge is -2.40. The predicted octanol–water partition coefficient (Wildman–Crippen LogP) is 32.6. The molecule has 8 heteroatoms. The Morgan fingerprint density at radius 1 is 0.216 bits per heavy atom. The molecule has 0 saturated carbocycles. The van der Waals surface area contributed by atoms with Gasteiger partial charge in [-0.25, -0.2) is 9.59 Å². The number of unbranched alkanes of at least 4 members (excludes halogenated alkanes) is 56. The molecule has 2 aromatic rings. The lowest BCUT2D eigenvalue weighted by Crippen LogP contribution is -2.50. The molecule has 0 unspecified atom stereocenters. The Balaban J connectivity index is 0.00000158. The molecule has 2 aromatic carbocycles. The summed E-state index contributed by atoms with van der Waals surface area (Å²) < 4.78 is 2.97. The Hall–Kier alpha value is -2.00. The monoisotopic (exact) mass is 1460 g/mol. The number of carboxylic acid groups (broad SMARTS) is 2. The van der Waals surface area contributed by atoms with E-state index in [-0.39, 0.29) is 11.1 Å². The third kappa shape index (κ3) is 63.0. The first-order chi connectivity index (χ1) is 50.1. The van der Waals surface area contributed by atoms with Gasteiger partial charge in [-0.1, -0.05) is 409 Å². The summed E-state index contributed by atoms with van der Waals surface area (Å²) in [6.07, 6.45) is 93.5. The first-order valence-electron chi connectivity index (χ1n) is 45.8. The number of hydrogen-bond donors (Lipinski definition) is 2. The molecular weight excluding hydrogens is 1290 g/mol. The number of quaternary nitrogens is 2. The standard InChI is InChI=1S/2C40H84N.C14H10O4S2/c2*1-5-9-13-17-21-25-29-33-37-41(38-34-30-26-22-18-14-10-6-2,39-35-31-27-23-19-15-11-7-3)40-36-32-28-24-20-16-12-8-4;15-13(16)9-5-1-3-7-11(9)19-20-12-8-4-2-6-10(12)14(17)18/h2*5-40H2,1-4H3;1-8H,(H,15,16)(H,17,18)/q2*+1;. The van der Waals surface area contributed by atoms with E-state index < -0.39 is 11.9 Å². The highest BCUT2D eigenvalue weighted by Crippen LogP contribution is 2.40. The van der Waals surface area contributed by atoms with E-state index >= 15 is 0 Å². The van der Waals surface area contributed by atoms with E-state index in [9.17, 15) is 9.59 Å². The summed E-state index contributed by atoms with van der Waals surface area (Å²) in [5, 5.41) is 18.2. The molecule has 598 valence electrons. The number of carbonyl (C=O) groups is 2. The van der Waals surface area contributed by atoms with Gasteiger partial charge in [0, 0.05) is 9.79 Å². The number of aromatic carboxylic acids is 2. The molecule has 0 radical (unpaired) electrons. The summed E-state index contributed by atoms with van der Waals surface area (Å²) in [5.41, 5.74) is 0.413. The van der Waals surface area contributed by atoms with Crippen molar-refractivity contribution in [2.75, 3.05) is 52.4 Å². The van der Waals surface area contributed by atoms with Crippen LogP contribution >= 0.6 is 21.6 Å². The van der Waals surface area contributed by atoms with Gasteiger partial charge in [-0.3, -0.25) is 0 Å². The first-order valence-corrected chi connectivity index (χ1v) is 47.9. The topological polar surface area (TPSA) is 74.6 Å². The highest BCUT2D eigenvalue weighted by Gasteiger charge is 2.28. The van der Waals surface area contributed by atoms with E-state index in [0.29, 0.717) is 9.79 Å². The summed E-state index contributed by atoms with van der Waals surface area (Å²) in [4.78, 5) is 23.4. The molecule has 0 aliphatic carbocycles. The molecule has 0 atom stereocenters. The van der Waals surface area contributed by atoms with Crippen LogP contribution in [0.1, 0.15) is 487 Å². The minimum Gasteiger partial charge on any atom is -0.478 e. The molecule has 2 rings (SSSR count). The fourth-order valence-electron chi connectivity index (χ4n) is 15.5. The number of nitrogens with zero attached hydrogens (tertiary/aromatic N) is 2. The van der Waals surface area contributed by atoms with Gasteiger partial charge in [-0.05, 0) is 127 Å². The van der Waals surface area contributed by atoms with Crippen LogP contribution in [0.3, 0.4) is 0 Å². The Morgan fingerprint density at radius 2 is 0.343 bits per heavy atom. The second-order valence-electron chi connectivity index (χ2n) is 32.0. The van der Waals surface area contributed by atoms with Crippen LogP contribution in [0.4, 0.5) is 0 Å². The highest BCUT2D eigenvalue weighted by atomic mass is 33.1. The lowest BCUT2D eigenvalue weighted by molar-refractivity contribution is -0.929. The van der Waals surface area contributed by atoms with Gasteiger partial charge in [0.05, 0.1) is 63.5 Å². The van der Waals surface area contributed by atoms with E-state index in [1.54, 1.807) is 36.4 Å². The number of hydrogen-bond acceptors (Lipinski definition) is 4. The lowest BCUT2D eigenvalue weighted by atomic mass is 10.0. The van der Waals surface area contributed by atoms with Crippen LogP contribution in [-0.2, 0) is 0 Å². The van der Waals surface area contributed by atoms with E-state index in [0.717, 1.165) is 0 Å². The molecule has 6 nitrogen and oxygen atoms in total. The smallest absolute Gasteiger partial charge is 0.336 e. The van der Waals surface area contributed by atoms with Gasteiger partial charge in [-0.15, -0.1) is 0 Å². The number of benzene rings is 2. The van der Waals surface area contributed by atoms with Crippen molar-refractivity contribution < 1.29 is 28.8 Å². The van der Waals surface area contributed by atoms with Crippen LogP contribution in [0.15, 0.2) is 58.3 Å². The maximum absolute atomic E-state index is 11.1. The molecular formula is C94H178N2O4S2+2. The van der Waals surface area contributed by atoms with Gasteiger partial charge in [0.25, 0.3) is 0 Å². The number of carboxylic acids is 2. The summed E-state index contributed by atoms with van der Waals surface area (Å²) >= 11 is 0. The normalized spacial score (nSPS) is 11.6. The molecule has 0 aliphatic heterocycles. The molecule has 0 heterocycles. The fraction of sp³-hybridized carbons (Fsp3) is 0.851. The maximum Gasteiger partial charge on any atom is 0.336 e. The zero-order valence-electron chi connectivity index (χ0n) is 70.0. The van der Waals surface area contributed by atoms with Gasteiger partial charge in [0.15, 0.2) is 0 Å². The molecule has 0 fully saturated rings. The zero-order chi connectivity index (χ0) is 74.4. The van der Waals surface area contributed by atoms with Crippen molar-refractivity contribution in [1.82, 2.24) is 0 Å². The molecule has 0 aromatic heterocycles. The SMILES string of the molecule is CCCCCCCCCC[N+](CCCCCCCCCC)(CCCCCCCCCC)CCCCCCCCCC.CCCCCCCCCC[N+](CCCCCCCCCC)(CCCCCCCCCC)CCCCCCCCCC.O=C(O)c1ccccc1SSc1ccccc1C(=O)O. The second kappa shape index (κ2) is 78.6. The van der Waals surface area contributed by atoms with Crippen molar-refractivity contribution in [2.24, 2.45) is 0 Å². The van der Waals surface area contributed by atoms with Crippen molar-refractivity contribution in [2.45, 2.75) is 476 Å². The average molecular weight is 1460 g/mol. The van der Waals surface area contributed by atoms with Gasteiger partial charge in [0.1, 0.15) is 0 Å². The van der Waals surface area contributed by atoms with E-state index in [1.165, 1.54) is 506 Å². The minimum absolute atomic E-state index is 0.206. The number of rotatable bonds is 77. The van der Waals surface area contributed by atoms with E-state index in [4.69, 9.17) is 10.2 Å². The average Bonchev–Trinajstić information content (AvgIpc) is 0.882. The van der Waals surface area contributed by atoms with Crippen LogP contribution in [0.5, 0.6) is 0 Å². The molecule has 2 N–H and O–H groups in total. The van der Waals surface area contributed by atoms with Crippen molar-refractivity contribution in [3.8, 4) is 0 Å². The molecule has 0 aliphatic rings. The minimum atomic E-state index is -1.000. The van der Waals surface area contributed by atoms with Crippen LogP contribution < -0.4 is 0 Å². The van der Waals surface area contributed by atoms with E-state index in [1.807, 2.05) is 0 Å². The van der Waals surface area contributed by atoms with Crippen molar-refractivity contribution >= 4 is 33.5 Å². The van der Waals surface area contributed by atoms with Crippen molar-refractivity contribution in [3.63, 3.8) is 0 Å². The Morgan fingerprint density at radius 3 is 0.480 bits per heavy atom.